The predicted octanol–water partition coefficient (Wildman–Crippen LogP) is 3.41. The molecule has 0 bridgehead atoms. The van der Waals surface area contributed by atoms with Crippen LogP contribution in [-0.4, -0.2) is 10.5 Å². The summed E-state index contributed by atoms with van der Waals surface area (Å²) in [5.74, 6) is 0.127. The van der Waals surface area contributed by atoms with Gasteiger partial charge in [-0.05, 0) is 12.1 Å². The number of esters is 1. The standard InChI is InChI=1S/C11H9Cl2NO2/c1-6(15)16-9-5-14(2)11-7(9)3-4-8(12)10(11)13/h3-5H,1-2H3. The predicted molar refractivity (Wildman–Crippen MR) is 64.2 cm³/mol. The molecule has 1 aromatic heterocycles. The van der Waals surface area contributed by atoms with Crippen LogP contribution in [0.2, 0.25) is 10.0 Å². The molecular weight excluding hydrogens is 249 g/mol. The summed E-state index contributed by atoms with van der Waals surface area (Å²) in [5.41, 5.74) is 0.755. The summed E-state index contributed by atoms with van der Waals surface area (Å²) >= 11 is 12.0. The minimum Gasteiger partial charge on any atom is -0.424 e. The van der Waals surface area contributed by atoms with Crippen molar-refractivity contribution in [3.63, 3.8) is 0 Å². The SMILES string of the molecule is CC(=O)Oc1cn(C)c2c(Cl)c(Cl)ccc12. The normalized spacial score (nSPS) is 10.8. The van der Waals surface area contributed by atoms with E-state index in [1.165, 1.54) is 6.92 Å². The van der Waals surface area contributed by atoms with E-state index in [2.05, 4.69) is 0 Å². The van der Waals surface area contributed by atoms with E-state index in [0.717, 1.165) is 10.9 Å². The smallest absolute Gasteiger partial charge is 0.308 e. The van der Waals surface area contributed by atoms with Crippen LogP contribution in [0, 0.1) is 0 Å². The second kappa shape index (κ2) is 4.00. The minimum absolute atomic E-state index is 0.362. The second-order valence-corrected chi connectivity index (χ2v) is 4.24. The highest BCUT2D eigenvalue weighted by Gasteiger charge is 2.14. The van der Waals surface area contributed by atoms with Gasteiger partial charge in [0.1, 0.15) is 0 Å². The Hall–Kier alpha value is -1.19. The van der Waals surface area contributed by atoms with Gasteiger partial charge in [0.15, 0.2) is 5.75 Å². The molecule has 0 saturated heterocycles. The van der Waals surface area contributed by atoms with Crippen molar-refractivity contribution in [3.05, 3.63) is 28.4 Å². The van der Waals surface area contributed by atoms with Gasteiger partial charge in [-0.15, -0.1) is 0 Å². The highest BCUT2D eigenvalue weighted by atomic mass is 35.5. The summed E-state index contributed by atoms with van der Waals surface area (Å²) in [7, 11) is 1.82. The molecule has 16 heavy (non-hydrogen) atoms. The molecule has 0 amide bonds. The third-order valence-corrected chi connectivity index (χ3v) is 3.05. The number of aryl methyl sites for hydroxylation is 1. The third kappa shape index (κ3) is 1.77. The Balaban J connectivity index is 2.72. The van der Waals surface area contributed by atoms with Gasteiger partial charge in [-0.1, -0.05) is 23.2 Å². The van der Waals surface area contributed by atoms with Gasteiger partial charge in [-0.2, -0.15) is 0 Å². The molecule has 0 aliphatic carbocycles. The fourth-order valence-electron chi connectivity index (χ4n) is 1.63. The molecule has 3 nitrogen and oxygen atoms in total. The first kappa shape index (κ1) is 11.3. The molecule has 0 N–H and O–H groups in total. The summed E-state index contributed by atoms with van der Waals surface area (Å²) < 4.78 is 6.86. The monoisotopic (exact) mass is 257 g/mol. The minimum atomic E-state index is -0.362. The first-order valence-corrected chi connectivity index (χ1v) is 5.37. The maximum Gasteiger partial charge on any atom is 0.308 e. The Labute approximate surface area is 103 Å². The zero-order valence-corrected chi connectivity index (χ0v) is 10.3. The zero-order chi connectivity index (χ0) is 11.9. The van der Waals surface area contributed by atoms with Gasteiger partial charge < -0.3 is 9.30 Å². The topological polar surface area (TPSA) is 31.2 Å². The maximum absolute atomic E-state index is 10.9. The molecular formula is C11H9Cl2NO2. The van der Waals surface area contributed by atoms with E-state index in [1.54, 1.807) is 22.9 Å². The van der Waals surface area contributed by atoms with Crippen LogP contribution < -0.4 is 4.74 Å². The van der Waals surface area contributed by atoms with Crippen molar-refractivity contribution in [3.8, 4) is 5.75 Å². The average Bonchev–Trinajstić information content (AvgIpc) is 2.49. The molecule has 1 aromatic carbocycles. The van der Waals surface area contributed by atoms with Crippen LogP contribution in [0.25, 0.3) is 10.9 Å². The van der Waals surface area contributed by atoms with E-state index in [9.17, 15) is 4.79 Å². The van der Waals surface area contributed by atoms with E-state index >= 15 is 0 Å². The number of benzene rings is 1. The number of fused-ring (bicyclic) bond motifs is 1. The fourth-order valence-corrected chi connectivity index (χ4v) is 2.08. The van der Waals surface area contributed by atoms with Crippen molar-refractivity contribution in [1.82, 2.24) is 4.57 Å². The van der Waals surface area contributed by atoms with Crippen LogP contribution in [-0.2, 0) is 11.8 Å². The third-order valence-electron chi connectivity index (χ3n) is 2.25. The number of carbonyl (C=O) groups excluding carboxylic acids is 1. The largest absolute Gasteiger partial charge is 0.424 e. The van der Waals surface area contributed by atoms with Crippen LogP contribution in [0.3, 0.4) is 0 Å². The molecule has 0 radical (unpaired) electrons. The van der Waals surface area contributed by atoms with E-state index in [4.69, 9.17) is 27.9 Å². The van der Waals surface area contributed by atoms with Crippen molar-refractivity contribution in [2.45, 2.75) is 6.92 Å². The fraction of sp³-hybridized carbons (Fsp3) is 0.182. The highest BCUT2D eigenvalue weighted by Crippen LogP contribution is 2.36. The Morgan fingerprint density at radius 3 is 2.69 bits per heavy atom. The average molecular weight is 258 g/mol. The van der Waals surface area contributed by atoms with E-state index < -0.39 is 0 Å². The molecule has 1 heterocycles. The number of ether oxygens (including phenoxy) is 1. The van der Waals surface area contributed by atoms with Gasteiger partial charge in [-0.3, -0.25) is 4.79 Å². The van der Waals surface area contributed by atoms with Crippen LogP contribution in [0.1, 0.15) is 6.92 Å². The summed E-state index contributed by atoms with van der Waals surface area (Å²) in [5, 5.41) is 1.71. The maximum atomic E-state index is 10.9. The Kier molecular flexibility index (Phi) is 2.82. The lowest BCUT2D eigenvalue weighted by Gasteiger charge is -2.01. The molecule has 0 fully saturated rings. The number of hydrogen-bond acceptors (Lipinski definition) is 2. The van der Waals surface area contributed by atoms with E-state index in [1.807, 2.05) is 7.05 Å². The Morgan fingerprint density at radius 1 is 1.38 bits per heavy atom. The molecule has 84 valence electrons. The molecule has 0 saturated carbocycles. The van der Waals surface area contributed by atoms with Gasteiger partial charge >= 0.3 is 5.97 Å². The number of nitrogens with zero attached hydrogens (tertiary/aromatic N) is 1. The molecule has 0 unspecified atom stereocenters. The number of aromatic nitrogens is 1. The molecule has 0 aliphatic rings. The highest BCUT2D eigenvalue weighted by molar-refractivity contribution is 6.45. The molecule has 2 aromatic rings. The Morgan fingerprint density at radius 2 is 2.06 bits per heavy atom. The molecule has 0 atom stereocenters. The van der Waals surface area contributed by atoms with Gasteiger partial charge in [0.25, 0.3) is 0 Å². The summed E-state index contributed by atoms with van der Waals surface area (Å²) in [6, 6.07) is 3.46. The summed E-state index contributed by atoms with van der Waals surface area (Å²) in [6.07, 6.45) is 1.70. The second-order valence-electron chi connectivity index (χ2n) is 3.46. The first-order valence-electron chi connectivity index (χ1n) is 4.62. The van der Waals surface area contributed by atoms with Crippen molar-refractivity contribution in [2.24, 2.45) is 7.05 Å². The van der Waals surface area contributed by atoms with Crippen molar-refractivity contribution < 1.29 is 9.53 Å². The van der Waals surface area contributed by atoms with Gasteiger partial charge in [0, 0.05) is 25.6 Å². The van der Waals surface area contributed by atoms with Crippen LogP contribution in [0.15, 0.2) is 18.3 Å². The first-order chi connectivity index (χ1) is 7.50. The zero-order valence-electron chi connectivity index (χ0n) is 8.75. The van der Waals surface area contributed by atoms with E-state index in [-0.39, 0.29) is 5.97 Å². The van der Waals surface area contributed by atoms with Crippen LogP contribution >= 0.6 is 23.2 Å². The van der Waals surface area contributed by atoms with E-state index in [0.29, 0.717) is 15.8 Å². The van der Waals surface area contributed by atoms with Crippen molar-refractivity contribution >= 4 is 40.1 Å². The van der Waals surface area contributed by atoms with Gasteiger partial charge in [0.2, 0.25) is 0 Å². The lowest BCUT2D eigenvalue weighted by Crippen LogP contribution is -2.00. The van der Waals surface area contributed by atoms with Crippen molar-refractivity contribution in [2.75, 3.05) is 0 Å². The molecule has 2 rings (SSSR count). The van der Waals surface area contributed by atoms with Gasteiger partial charge in [0.05, 0.1) is 15.6 Å². The number of halogens is 2. The van der Waals surface area contributed by atoms with Crippen LogP contribution in [0.5, 0.6) is 5.75 Å². The Bertz CT molecular complexity index is 575. The molecule has 0 spiro atoms. The number of carbonyl (C=O) groups is 1. The van der Waals surface area contributed by atoms with Crippen molar-refractivity contribution in [1.29, 1.82) is 0 Å². The van der Waals surface area contributed by atoms with Crippen LogP contribution in [0.4, 0.5) is 0 Å². The quantitative estimate of drug-likeness (QED) is 0.734. The molecule has 0 aliphatic heterocycles. The lowest BCUT2D eigenvalue weighted by atomic mass is 10.2. The lowest BCUT2D eigenvalue weighted by molar-refractivity contribution is -0.131. The number of rotatable bonds is 1. The molecule has 5 heteroatoms. The summed E-state index contributed by atoms with van der Waals surface area (Å²) in [6.45, 7) is 1.36. The summed E-state index contributed by atoms with van der Waals surface area (Å²) in [4.78, 5) is 10.9. The number of hydrogen-bond donors (Lipinski definition) is 0. The van der Waals surface area contributed by atoms with Gasteiger partial charge in [-0.25, -0.2) is 0 Å².